The topological polar surface area (TPSA) is 25.4 Å². The SMILES string of the molecule is COCCCN(C)Cc1csc(-c2ccsc2)n1. The highest BCUT2D eigenvalue weighted by molar-refractivity contribution is 7.14. The number of methoxy groups -OCH3 is 1. The van der Waals surface area contributed by atoms with E-state index >= 15 is 0 Å². The Labute approximate surface area is 116 Å². The Morgan fingerprint density at radius 3 is 3.00 bits per heavy atom. The van der Waals surface area contributed by atoms with Crippen LogP contribution < -0.4 is 0 Å². The molecule has 0 radical (unpaired) electrons. The van der Waals surface area contributed by atoms with Gasteiger partial charge in [-0.25, -0.2) is 4.98 Å². The summed E-state index contributed by atoms with van der Waals surface area (Å²) >= 11 is 3.44. The molecule has 3 nitrogen and oxygen atoms in total. The molecule has 18 heavy (non-hydrogen) atoms. The Balaban J connectivity index is 1.87. The van der Waals surface area contributed by atoms with Gasteiger partial charge in [-0.1, -0.05) is 0 Å². The first kappa shape index (κ1) is 13.7. The summed E-state index contributed by atoms with van der Waals surface area (Å²) in [5, 5.41) is 7.51. The highest BCUT2D eigenvalue weighted by Gasteiger charge is 2.07. The molecular weight excluding hydrogens is 264 g/mol. The van der Waals surface area contributed by atoms with Crippen LogP contribution in [0, 0.1) is 0 Å². The Kier molecular flexibility index (Phi) is 5.31. The van der Waals surface area contributed by atoms with Crippen LogP contribution in [0.3, 0.4) is 0 Å². The number of rotatable bonds is 7. The molecule has 0 saturated heterocycles. The molecule has 0 aromatic carbocycles. The maximum absolute atomic E-state index is 5.06. The first-order valence-electron chi connectivity index (χ1n) is 5.94. The molecule has 0 aliphatic rings. The van der Waals surface area contributed by atoms with E-state index in [0.29, 0.717) is 0 Å². The number of thiophene rings is 1. The van der Waals surface area contributed by atoms with Gasteiger partial charge < -0.3 is 9.64 Å². The summed E-state index contributed by atoms with van der Waals surface area (Å²) in [6, 6.07) is 2.12. The van der Waals surface area contributed by atoms with Gasteiger partial charge in [-0.15, -0.1) is 11.3 Å². The van der Waals surface area contributed by atoms with Gasteiger partial charge in [-0.05, 0) is 24.9 Å². The average Bonchev–Trinajstić information content (AvgIpc) is 2.98. The fourth-order valence-corrected chi connectivity index (χ4v) is 3.26. The van der Waals surface area contributed by atoms with Crippen LogP contribution >= 0.6 is 22.7 Å². The Bertz CT molecular complexity index is 453. The predicted molar refractivity (Wildman–Crippen MR) is 78.3 cm³/mol. The van der Waals surface area contributed by atoms with Crippen LogP contribution in [-0.2, 0) is 11.3 Å². The summed E-state index contributed by atoms with van der Waals surface area (Å²) < 4.78 is 5.06. The number of nitrogens with zero attached hydrogens (tertiary/aromatic N) is 2. The molecule has 0 fully saturated rings. The van der Waals surface area contributed by atoms with E-state index in [0.717, 1.165) is 36.8 Å². The lowest BCUT2D eigenvalue weighted by Gasteiger charge is -2.14. The van der Waals surface area contributed by atoms with Crippen molar-refractivity contribution in [3.63, 3.8) is 0 Å². The molecule has 0 aliphatic carbocycles. The van der Waals surface area contributed by atoms with Crippen molar-refractivity contribution in [3.05, 3.63) is 27.9 Å². The standard InChI is InChI=1S/C13H18N2OS2/c1-15(5-3-6-16-2)8-12-10-18-13(14-12)11-4-7-17-9-11/h4,7,9-10H,3,5-6,8H2,1-2H3. The van der Waals surface area contributed by atoms with Crippen LogP contribution in [0.2, 0.25) is 0 Å². The van der Waals surface area contributed by atoms with Gasteiger partial charge in [0.1, 0.15) is 5.01 Å². The minimum absolute atomic E-state index is 0.821. The Morgan fingerprint density at radius 2 is 2.28 bits per heavy atom. The Hall–Kier alpha value is -0.750. The van der Waals surface area contributed by atoms with Crippen molar-refractivity contribution in [3.8, 4) is 10.6 Å². The van der Waals surface area contributed by atoms with E-state index in [4.69, 9.17) is 4.74 Å². The average molecular weight is 282 g/mol. The lowest BCUT2D eigenvalue weighted by Crippen LogP contribution is -2.20. The molecule has 0 bridgehead atoms. The highest BCUT2D eigenvalue weighted by atomic mass is 32.1. The van der Waals surface area contributed by atoms with Crippen LogP contribution in [0.1, 0.15) is 12.1 Å². The molecule has 2 aromatic rings. The van der Waals surface area contributed by atoms with E-state index in [1.54, 1.807) is 29.8 Å². The van der Waals surface area contributed by atoms with Gasteiger partial charge >= 0.3 is 0 Å². The van der Waals surface area contributed by atoms with E-state index in [2.05, 4.69) is 39.1 Å². The lowest BCUT2D eigenvalue weighted by atomic mass is 10.3. The second kappa shape index (κ2) is 6.99. The predicted octanol–water partition coefficient (Wildman–Crippen LogP) is 3.34. The van der Waals surface area contributed by atoms with Gasteiger partial charge in [-0.3, -0.25) is 0 Å². The normalized spacial score (nSPS) is 11.3. The van der Waals surface area contributed by atoms with E-state index in [1.165, 1.54) is 5.56 Å². The molecule has 5 heteroatoms. The monoisotopic (exact) mass is 282 g/mol. The van der Waals surface area contributed by atoms with Crippen molar-refractivity contribution >= 4 is 22.7 Å². The van der Waals surface area contributed by atoms with Crippen molar-refractivity contribution in [2.75, 3.05) is 27.3 Å². The number of thiazole rings is 1. The minimum Gasteiger partial charge on any atom is -0.385 e. The summed E-state index contributed by atoms with van der Waals surface area (Å²) in [5.74, 6) is 0. The lowest BCUT2D eigenvalue weighted by molar-refractivity contribution is 0.178. The van der Waals surface area contributed by atoms with E-state index in [-0.39, 0.29) is 0 Å². The third-order valence-electron chi connectivity index (χ3n) is 2.64. The quantitative estimate of drug-likeness (QED) is 0.728. The van der Waals surface area contributed by atoms with Gasteiger partial charge in [0.25, 0.3) is 0 Å². The molecule has 0 saturated carbocycles. The minimum atomic E-state index is 0.821. The van der Waals surface area contributed by atoms with Gasteiger partial charge in [0, 0.05) is 43.1 Å². The van der Waals surface area contributed by atoms with Crippen molar-refractivity contribution in [1.82, 2.24) is 9.88 Å². The van der Waals surface area contributed by atoms with Crippen LogP contribution in [0.5, 0.6) is 0 Å². The van der Waals surface area contributed by atoms with Crippen LogP contribution in [-0.4, -0.2) is 37.2 Å². The highest BCUT2D eigenvalue weighted by Crippen LogP contribution is 2.25. The maximum Gasteiger partial charge on any atom is 0.124 e. The molecular formula is C13H18N2OS2. The molecule has 0 spiro atoms. The van der Waals surface area contributed by atoms with Gasteiger partial charge in [0.15, 0.2) is 0 Å². The van der Waals surface area contributed by atoms with Crippen molar-refractivity contribution in [1.29, 1.82) is 0 Å². The molecule has 0 N–H and O–H groups in total. The number of ether oxygens (including phenoxy) is 1. The Morgan fingerprint density at radius 1 is 1.39 bits per heavy atom. The molecule has 0 amide bonds. The fourth-order valence-electron chi connectivity index (χ4n) is 1.73. The van der Waals surface area contributed by atoms with Gasteiger partial charge in [0.2, 0.25) is 0 Å². The smallest absolute Gasteiger partial charge is 0.124 e. The molecule has 0 unspecified atom stereocenters. The second-order valence-corrected chi connectivity index (χ2v) is 5.88. The third-order valence-corrected chi connectivity index (χ3v) is 4.26. The summed E-state index contributed by atoms with van der Waals surface area (Å²) in [5.41, 5.74) is 2.39. The van der Waals surface area contributed by atoms with E-state index < -0.39 is 0 Å². The molecule has 0 aliphatic heterocycles. The van der Waals surface area contributed by atoms with E-state index in [1.807, 2.05) is 0 Å². The number of hydrogen-bond acceptors (Lipinski definition) is 5. The molecule has 98 valence electrons. The van der Waals surface area contributed by atoms with E-state index in [9.17, 15) is 0 Å². The van der Waals surface area contributed by atoms with Crippen LogP contribution in [0.4, 0.5) is 0 Å². The number of hydrogen-bond donors (Lipinski definition) is 0. The van der Waals surface area contributed by atoms with Crippen molar-refractivity contribution in [2.24, 2.45) is 0 Å². The summed E-state index contributed by atoms with van der Waals surface area (Å²) in [6.45, 7) is 2.77. The molecule has 2 rings (SSSR count). The fraction of sp³-hybridized carbons (Fsp3) is 0.462. The first-order chi connectivity index (χ1) is 8.79. The first-order valence-corrected chi connectivity index (χ1v) is 7.76. The van der Waals surface area contributed by atoms with Crippen molar-refractivity contribution in [2.45, 2.75) is 13.0 Å². The second-order valence-electron chi connectivity index (χ2n) is 4.24. The van der Waals surface area contributed by atoms with Gasteiger partial charge in [0.05, 0.1) is 5.69 Å². The maximum atomic E-state index is 5.06. The largest absolute Gasteiger partial charge is 0.385 e. The summed E-state index contributed by atoms with van der Waals surface area (Å²) in [7, 11) is 3.87. The molecule has 0 atom stereocenters. The third kappa shape index (κ3) is 3.88. The summed E-state index contributed by atoms with van der Waals surface area (Å²) in [4.78, 5) is 6.96. The molecule has 2 heterocycles. The van der Waals surface area contributed by atoms with Crippen LogP contribution in [0.15, 0.2) is 22.2 Å². The van der Waals surface area contributed by atoms with Crippen molar-refractivity contribution < 1.29 is 4.74 Å². The number of aromatic nitrogens is 1. The zero-order chi connectivity index (χ0) is 12.8. The van der Waals surface area contributed by atoms with Crippen LogP contribution in [0.25, 0.3) is 10.6 Å². The summed E-state index contributed by atoms with van der Waals surface area (Å²) in [6.07, 6.45) is 1.06. The zero-order valence-corrected chi connectivity index (χ0v) is 12.4. The molecule has 2 aromatic heterocycles. The van der Waals surface area contributed by atoms with Gasteiger partial charge in [-0.2, -0.15) is 11.3 Å². The zero-order valence-electron chi connectivity index (χ0n) is 10.8.